The molecule has 104 valence electrons. The average molecular weight is 307 g/mol. The lowest BCUT2D eigenvalue weighted by atomic mass is 10.1. The van der Waals surface area contributed by atoms with Crippen LogP contribution < -0.4 is 5.32 Å². The van der Waals surface area contributed by atoms with Crippen molar-refractivity contribution in [3.05, 3.63) is 40.8 Å². The van der Waals surface area contributed by atoms with Crippen molar-refractivity contribution in [2.24, 2.45) is 7.05 Å². The van der Waals surface area contributed by atoms with Crippen LogP contribution in [0, 0.1) is 6.92 Å². The fourth-order valence-corrected chi connectivity index (χ4v) is 3.08. The Morgan fingerprint density at radius 2 is 2.25 bits per heavy atom. The zero-order valence-corrected chi connectivity index (χ0v) is 12.9. The zero-order chi connectivity index (χ0) is 14.1. The summed E-state index contributed by atoms with van der Waals surface area (Å²) in [5, 5.41) is 6.22. The first-order chi connectivity index (χ1) is 9.63. The number of hydrogen-bond acceptors (Lipinski definition) is 4. The van der Waals surface area contributed by atoms with Gasteiger partial charge in [0.15, 0.2) is 0 Å². The van der Waals surface area contributed by atoms with Crippen LogP contribution in [0.2, 0.25) is 5.02 Å². The number of fused-ring (bicyclic) bond motifs is 1. The second kappa shape index (κ2) is 5.42. The Morgan fingerprint density at radius 3 is 3.00 bits per heavy atom. The van der Waals surface area contributed by atoms with E-state index in [4.69, 9.17) is 11.6 Å². The quantitative estimate of drug-likeness (QED) is 0.800. The van der Waals surface area contributed by atoms with Crippen LogP contribution in [0.25, 0.3) is 10.9 Å². The molecule has 2 heterocycles. The summed E-state index contributed by atoms with van der Waals surface area (Å²) in [7, 11) is 2.05. The minimum absolute atomic E-state index is 0.771. The van der Waals surface area contributed by atoms with Crippen LogP contribution in [-0.4, -0.2) is 20.5 Å². The molecular weight excluding hydrogens is 292 g/mol. The van der Waals surface area contributed by atoms with E-state index in [2.05, 4.69) is 31.5 Å². The van der Waals surface area contributed by atoms with E-state index in [0.717, 1.165) is 28.9 Å². The minimum atomic E-state index is 0.771. The lowest BCUT2D eigenvalue weighted by Gasteiger charge is -2.01. The van der Waals surface area contributed by atoms with Gasteiger partial charge in [-0.05, 0) is 31.0 Å². The number of halogens is 1. The Balaban J connectivity index is 1.74. The summed E-state index contributed by atoms with van der Waals surface area (Å²) in [5.74, 6) is 0.817. The smallest absolute Gasteiger partial charge is 0.202 e. The lowest BCUT2D eigenvalue weighted by Crippen LogP contribution is -2.04. The van der Waals surface area contributed by atoms with Crippen LogP contribution >= 0.6 is 23.1 Å². The molecule has 0 bridgehead atoms. The Morgan fingerprint density at radius 1 is 1.40 bits per heavy atom. The molecule has 2 aromatic heterocycles. The first-order valence-corrected chi connectivity index (χ1v) is 7.56. The van der Waals surface area contributed by atoms with Gasteiger partial charge < -0.3 is 9.88 Å². The highest BCUT2D eigenvalue weighted by Crippen LogP contribution is 2.24. The predicted molar refractivity (Wildman–Crippen MR) is 84.8 cm³/mol. The second-order valence-electron chi connectivity index (χ2n) is 4.75. The van der Waals surface area contributed by atoms with Gasteiger partial charge in [-0.1, -0.05) is 17.7 Å². The summed E-state index contributed by atoms with van der Waals surface area (Å²) < 4.78 is 6.27. The van der Waals surface area contributed by atoms with Crippen LogP contribution in [0.4, 0.5) is 5.13 Å². The van der Waals surface area contributed by atoms with Gasteiger partial charge in [0.25, 0.3) is 0 Å². The van der Waals surface area contributed by atoms with E-state index in [-0.39, 0.29) is 0 Å². The molecule has 0 amide bonds. The average Bonchev–Trinajstić information content (AvgIpc) is 2.95. The topological polar surface area (TPSA) is 42.7 Å². The van der Waals surface area contributed by atoms with E-state index in [1.54, 1.807) is 0 Å². The van der Waals surface area contributed by atoms with Gasteiger partial charge in [0.05, 0.1) is 0 Å². The number of hydrogen-bond donors (Lipinski definition) is 1. The standard InChI is InChI=1S/C14H15ClN4S/c1-9-17-14(20-18-9)16-6-5-10-8-19(2)13-7-11(15)3-4-12(10)13/h3-4,7-8H,5-6H2,1-2H3,(H,16,17,18). The number of rotatable bonds is 4. The van der Waals surface area contributed by atoms with Crippen molar-refractivity contribution in [2.75, 3.05) is 11.9 Å². The highest BCUT2D eigenvalue weighted by Gasteiger charge is 2.07. The first kappa shape index (κ1) is 13.4. The molecule has 0 fully saturated rings. The number of benzene rings is 1. The van der Waals surface area contributed by atoms with Crippen LogP contribution in [0.3, 0.4) is 0 Å². The number of aromatic nitrogens is 3. The van der Waals surface area contributed by atoms with Crippen LogP contribution in [0.5, 0.6) is 0 Å². The fraction of sp³-hybridized carbons (Fsp3) is 0.286. The van der Waals surface area contributed by atoms with E-state index in [1.807, 2.05) is 26.1 Å². The Bertz CT molecular complexity index is 747. The molecule has 1 aromatic carbocycles. The number of anilines is 1. The summed E-state index contributed by atoms with van der Waals surface area (Å²) in [6.07, 6.45) is 3.10. The fourth-order valence-electron chi connectivity index (χ4n) is 2.31. The summed E-state index contributed by atoms with van der Waals surface area (Å²) in [5.41, 5.74) is 2.48. The van der Waals surface area contributed by atoms with Crippen LogP contribution in [-0.2, 0) is 13.5 Å². The number of nitrogens with zero attached hydrogens (tertiary/aromatic N) is 3. The van der Waals surface area contributed by atoms with Gasteiger partial charge in [-0.25, -0.2) is 4.98 Å². The molecule has 0 spiro atoms. The van der Waals surface area contributed by atoms with E-state index >= 15 is 0 Å². The normalized spacial score (nSPS) is 11.2. The maximum absolute atomic E-state index is 6.05. The maximum atomic E-state index is 6.05. The molecule has 3 rings (SSSR count). The van der Waals surface area contributed by atoms with Crippen molar-refractivity contribution in [1.29, 1.82) is 0 Å². The van der Waals surface area contributed by atoms with Crippen molar-refractivity contribution in [2.45, 2.75) is 13.3 Å². The van der Waals surface area contributed by atoms with Crippen LogP contribution in [0.15, 0.2) is 24.4 Å². The van der Waals surface area contributed by atoms with Crippen molar-refractivity contribution >= 4 is 39.2 Å². The van der Waals surface area contributed by atoms with E-state index in [1.165, 1.54) is 28.0 Å². The monoisotopic (exact) mass is 306 g/mol. The Labute approximate surface area is 126 Å². The third-order valence-corrected chi connectivity index (χ3v) is 4.23. The van der Waals surface area contributed by atoms with E-state index in [0.29, 0.717) is 0 Å². The first-order valence-electron chi connectivity index (χ1n) is 6.41. The Kier molecular flexibility index (Phi) is 3.63. The molecule has 0 aliphatic heterocycles. The SMILES string of the molecule is Cc1nsc(NCCc2cn(C)c3cc(Cl)ccc23)n1. The minimum Gasteiger partial charge on any atom is -0.360 e. The molecule has 0 aliphatic carbocycles. The van der Waals surface area contributed by atoms with Gasteiger partial charge in [-0.3, -0.25) is 0 Å². The molecular formula is C14H15ClN4S. The number of aryl methyl sites for hydroxylation is 2. The largest absolute Gasteiger partial charge is 0.360 e. The molecule has 0 aliphatic rings. The molecule has 4 nitrogen and oxygen atoms in total. The molecule has 1 N–H and O–H groups in total. The van der Waals surface area contributed by atoms with Gasteiger partial charge in [-0.15, -0.1) is 0 Å². The summed E-state index contributed by atoms with van der Waals surface area (Å²) in [6, 6.07) is 6.03. The zero-order valence-electron chi connectivity index (χ0n) is 11.4. The highest BCUT2D eigenvalue weighted by molar-refractivity contribution is 7.09. The van der Waals surface area contributed by atoms with E-state index < -0.39 is 0 Å². The second-order valence-corrected chi connectivity index (χ2v) is 5.94. The number of nitrogens with one attached hydrogen (secondary N) is 1. The van der Waals surface area contributed by atoms with Crippen molar-refractivity contribution in [3.8, 4) is 0 Å². The summed E-state index contributed by atoms with van der Waals surface area (Å²) in [6.45, 7) is 2.74. The van der Waals surface area contributed by atoms with Gasteiger partial charge in [0.2, 0.25) is 5.13 Å². The molecule has 0 saturated heterocycles. The molecule has 6 heteroatoms. The van der Waals surface area contributed by atoms with Gasteiger partial charge >= 0.3 is 0 Å². The van der Waals surface area contributed by atoms with Crippen LogP contribution in [0.1, 0.15) is 11.4 Å². The third-order valence-electron chi connectivity index (χ3n) is 3.23. The molecule has 0 saturated carbocycles. The van der Waals surface area contributed by atoms with E-state index in [9.17, 15) is 0 Å². The summed E-state index contributed by atoms with van der Waals surface area (Å²) >= 11 is 7.45. The van der Waals surface area contributed by atoms with Crippen molar-refractivity contribution < 1.29 is 0 Å². The summed E-state index contributed by atoms with van der Waals surface area (Å²) in [4.78, 5) is 4.29. The maximum Gasteiger partial charge on any atom is 0.202 e. The van der Waals surface area contributed by atoms with Gasteiger partial charge in [-0.2, -0.15) is 4.37 Å². The van der Waals surface area contributed by atoms with Crippen molar-refractivity contribution in [1.82, 2.24) is 13.9 Å². The third kappa shape index (κ3) is 2.64. The van der Waals surface area contributed by atoms with Gasteiger partial charge in [0, 0.05) is 47.2 Å². The van der Waals surface area contributed by atoms with Crippen molar-refractivity contribution in [3.63, 3.8) is 0 Å². The highest BCUT2D eigenvalue weighted by atomic mass is 35.5. The Hall–Kier alpha value is -1.59. The molecule has 0 atom stereocenters. The predicted octanol–water partition coefficient (Wildman–Crippen LogP) is 3.65. The molecule has 20 heavy (non-hydrogen) atoms. The molecule has 3 aromatic rings. The molecule has 0 radical (unpaired) electrons. The van der Waals surface area contributed by atoms with Gasteiger partial charge in [0.1, 0.15) is 5.82 Å². The molecule has 0 unspecified atom stereocenters. The lowest BCUT2D eigenvalue weighted by molar-refractivity contribution is 0.942.